The summed E-state index contributed by atoms with van der Waals surface area (Å²) in [4.78, 5) is 28.0. The molecular weight excluding hydrogens is 318 g/mol. The summed E-state index contributed by atoms with van der Waals surface area (Å²) < 4.78 is 12.4. The van der Waals surface area contributed by atoms with Gasteiger partial charge in [0.05, 0.1) is 17.0 Å². The van der Waals surface area contributed by atoms with Crippen LogP contribution in [-0.2, 0) is 6.42 Å². The van der Waals surface area contributed by atoms with Crippen LogP contribution in [0.3, 0.4) is 0 Å². The van der Waals surface area contributed by atoms with Gasteiger partial charge < -0.3 is 14.5 Å². The molecule has 132 valence electrons. The first kappa shape index (κ1) is 16.2. The van der Waals surface area contributed by atoms with Crippen LogP contribution < -0.4 is 15.0 Å². The summed E-state index contributed by atoms with van der Waals surface area (Å²) in [6.07, 6.45) is 1.43. The van der Waals surface area contributed by atoms with E-state index in [-0.39, 0.29) is 29.0 Å². The van der Waals surface area contributed by atoms with Crippen molar-refractivity contribution in [2.24, 2.45) is 5.92 Å². The lowest BCUT2D eigenvalue weighted by molar-refractivity contribution is 0.0693. The number of Topliss-reactive ketones (excluding diaryl/α,β-unsaturated/α-hetero) is 1. The summed E-state index contributed by atoms with van der Waals surface area (Å²) in [5.74, 6) is 1.11. The third-order valence-electron chi connectivity index (χ3n) is 5.52. The average molecular weight is 341 g/mol. The third-order valence-corrected chi connectivity index (χ3v) is 5.52. The van der Waals surface area contributed by atoms with Crippen molar-refractivity contribution < 1.29 is 14.3 Å². The Morgan fingerprint density at radius 1 is 1.20 bits per heavy atom. The van der Waals surface area contributed by atoms with E-state index >= 15 is 0 Å². The van der Waals surface area contributed by atoms with E-state index in [0.29, 0.717) is 16.8 Å². The number of fused-ring (bicyclic) bond motifs is 6. The number of pyridine rings is 1. The molecule has 0 unspecified atom stereocenters. The van der Waals surface area contributed by atoms with E-state index in [0.717, 1.165) is 35.1 Å². The van der Waals surface area contributed by atoms with E-state index in [9.17, 15) is 9.59 Å². The Morgan fingerprint density at radius 2 is 1.92 bits per heavy atom. The quantitative estimate of drug-likeness (QED) is 0.796. The molecule has 0 amide bonds. The predicted octanol–water partition coefficient (Wildman–Crippen LogP) is 3.54. The van der Waals surface area contributed by atoms with Crippen LogP contribution in [0.4, 0.5) is 0 Å². The zero-order valence-electron chi connectivity index (χ0n) is 15.3. The van der Waals surface area contributed by atoms with Crippen molar-refractivity contribution in [3.05, 3.63) is 33.1 Å². The molecule has 0 bridgehead atoms. The highest BCUT2D eigenvalue weighted by molar-refractivity contribution is 6.13. The zero-order valence-corrected chi connectivity index (χ0v) is 15.3. The lowest BCUT2D eigenvalue weighted by atomic mass is 9.84. The first-order valence-electron chi connectivity index (χ1n) is 8.82. The normalized spacial score (nSPS) is 24.3. The minimum atomic E-state index is -0.297. The Labute approximate surface area is 146 Å². The number of nitrogens with one attached hydrogen (secondary N) is 1. The van der Waals surface area contributed by atoms with Crippen molar-refractivity contribution in [2.45, 2.75) is 59.2 Å². The second kappa shape index (κ2) is 5.10. The van der Waals surface area contributed by atoms with Gasteiger partial charge in [-0.2, -0.15) is 0 Å². The summed E-state index contributed by atoms with van der Waals surface area (Å²) in [7, 11) is 0. The Hall–Kier alpha value is -2.30. The molecule has 25 heavy (non-hydrogen) atoms. The summed E-state index contributed by atoms with van der Waals surface area (Å²) in [6.45, 7) is 9.77. The van der Waals surface area contributed by atoms with Gasteiger partial charge >= 0.3 is 0 Å². The van der Waals surface area contributed by atoms with E-state index in [1.54, 1.807) is 6.07 Å². The molecule has 2 aliphatic rings. The minimum Gasteiger partial charge on any atom is -0.489 e. The van der Waals surface area contributed by atoms with Crippen molar-refractivity contribution >= 4 is 16.7 Å². The van der Waals surface area contributed by atoms with E-state index < -0.39 is 0 Å². The van der Waals surface area contributed by atoms with Crippen LogP contribution in [0.5, 0.6) is 11.5 Å². The number of hydrogen-bond acceptors (Lipinski definition) is 4. The second-order valence-electron chi connectivity index (χ2n) is 7.92. The smallest absolute Gasteiger partial charge is 0.248 e. The second-order valence-corrected chi connectivity index (χ2v) is 7.92. The van der Waals surface area contributed by atoms with E-state index in [1.165, 1.54) is 0 Å². The number of rotatable bonds is 0. The lowest BCUT2D eigenvalue weighted by Gasteiger charge is -2.37. The van der Waals surface area contributed by atoms with Gasteiger partial charge in [0, 0.05) is 17.0 Å². The van der Waals surface area contributed by atoms with Gasteiger partial charge in [-0.05, 0) is 46.1 Å². The molecule has 4 rings (SSSR count). The van der Waals surface area contributed by atoms with Gasteiger partial charge in [-0.3, -0.25) is 9.59 Å². The molecule has 2 aliphatic heterocycles. The van der Waals surface area contributed by atoms with Gasteiger partial charge in [-0.1, -0.05) is 6.92 Å². The van der Waals surface area contributed by atoms with Crippen LogP contribution in [0.2, 0.25) is 0 Å². The lowest BCUT2D eigenvalue weighted by Crippen LogP contribution is -2.37. The molecule has 1 N–H and O–H groups in total. The highest BCUT2D eigenvalue weighted by Crippen LogP contribution is 2.49. The molecule has 0 radical (unpaired) electrons. The number of carbonyl (C=O) groups is 1. The highest BCUT2D eigenvalue weighted by Gasteiger charge is 2.40. The minimum absolute atomic E-state index is 0.0210. The standard InChI is InChI=1S/C20H23NO4/c1-9-8-13(22)21-16-14(9)19-12(6-7-20(4,5)25-19)18-15(16)17(23)10(2)11(3)24-18/h8,10-11H,6-7H2,1-5H3,(H,21,22)/t10-,11+/m0/s1. The number of ether oxygens (including phenoxy) is 2. The molecule has 0 saturated heterocycles. The van der Waals surface area contributed by atoms with Crippen molar-refractivity contribution in [2.75, 3.05) is 0 Å². The molecule has 1 aromatic carbocycles. The molecule has 0 saturated carbocycles. The maximum atomic E-state index is 13.0. The monoisotopic (exact) mass is 341 g/mol. The predicted molar refractivity (Wildman–Crippen MR) is 95.9 cm³/mol. The van der Waals surface area contributed by atoms with Crippen molar-refractivity contribution in [3.8, 4) is 11.5 Å². The topological polar surface area (TPSA) is 68.4 Å². The van der Waals surface area contributed by atoms with Gasteiger partial charge in [-0.25, -0.2) is 0 Å². The van der Waals surface area contributed by atoms with Crippen molar-refractivity contribution in [3.63, 3.8) is 0 Å². The van der Waals surface area contributed by atoms with Gasteiger partial charge in [0.25, 0.3) is 0 Å². The van der Waals surface area contributed by atoms with Crippen LogP contribution in [0.15, 0.2) is 10.9 Å². The molecule has 0 spiro atoms. The fourth-order valence-electron chi connectivity index (χ4n) is 3.87. The third kappa shape index (κ3) is 2.29. The van der Waals surface area contributed by atoms with Gasteiger partial charge in [0.2, 0.25) is 5.56 Å². The van der Waals surface area contributed by atoms with Crippen LogP contribution in [0.25, 0.3) is 10.9 Å². The summed E-state index contributed by atoms with van der Waals surface area (Å²) in [6, 6.07) is 1.56. The Kier molecular flexibility index (Phi) is 3.30. The fraction of sp³-hybridized carbons (Fsp3) is 0.500. The zero-order chi connectivity index (χ0) is 18.1. The maximum Gasteiger partial charge on any atom is 0.248 e. The van der Waals surface area contributed by atoms with E-state index in [1.807, 2.05) is 20.8 Å². The van der Waals surface area contributed by atoms with E-state index in [2.05, 4.69) is 18.8 Å². The molecule has 0 fully saturated rings. The number of H-pyrrole nitrogens is 1. The molecule has 1 aromatic heterocycles. The molecule has 5 heteroatoms. The van der Waals surface area contributed by atoms with Gasteiger partial charge in [-0.15, -0.1) is 0 Å². The summed E-state index contributed by atoms with van der Waals surface area (Å²) >= 11 is 0. The number of benzene rings is 1. The number of aryl methyl sites for hydroxylation is 1. The summed E-state index contributed by atoms with van der Waals surface area (Å²) in [5.41, 5.74) is 2.29. The van der Waals surface area contributed by atoms with Crippen LogP contribution in [0, 0.1) is 12.8 Å². The first-order chi connectivity index (χ1) is 11.7. The molecule has 5 nitrogen and oxygen atoms in total. The highest BCUT2D eigenvalue weighted by atomic mass is 16.5. The number of aromatic amines is 1. The molecule has 0 aliphatic carbocycles. The number of ketones is 1. The van der Waals surface area contributed by atoms with Crippen LogP contribution >= 0.6 is 0 Å². The first-order valence-corrected chi connectivity index (χ1v) is 8.82. The molecule has 3 heterocycles. The van der Waals surface area contributed by atoms with Crippen LogP contribution in [0.1, 0.15) is 55.6 Å². The SMILES string of the molecule is Cc1cc(=O)[nH]c2c3c(c4c(c12)OC(C)(C)CC4)O[C@H](C)[C@H](C)C3=O. The van der Waals surface area contributed by atoms with Gasteiger partial charge in [0.15, 0.2) is 5.78 Å². The largest absolute Gasteiger partial charge is 0.489 e. The molecule has 2 atom stereocenters. The van der Waals surface area contributed by atoms with Gasteiger partial charge in [0.1, 0.15) is 23.2 Å². The number of hydrogen-bond donors (Lipinski definition) is 1. The Morgan fingerprint density at radius 3 is 2.64 bits per heavy atom. The number of aromatic nitrogens is 1. The molecule has 2 aromatic rings. The Bertz CT molecular complexity index is 970. The fourth-order valence-corrected chi connectivity index (χ4v) is 3.87. The van der Waals surface area contributed by atoms with E-state index in [4.69, 9.17) is 9.47 Å². The molecular formula is C20H23NO4. The van der Waals surface area contributed by atoms with Crippen molar-refractivity contribution in [1.82, 2.24) is 4.98 Å². The Balaban J connectivity index is 2.17. The average Bonchev–Trinajstić information content (AvgIpc) is 2.50. The van der Waals surface area contributed by atoms with Crippen LogP contribution in [-0.4, -0.2) is 22.5 Å². The number of carbonyl (C=O) groups excluding carboxylic acids is 1. The maximum absolute atomic E-state index is 13.0. The van der Waals surface area contributed by atoms with Crippen molar-refractivity contribution in [1.29, 1.82) is 0 Å². The summed E-state index contributed by atoms with van der Waals surface area (Å²) in [5, 5.41) is 0.819.